The first-order valence-electron chi connectivity index (χ1n) is 7.57. The standard InChI is InChI=1S/C16H27NO3/c1-4-6-7-8-9-17(3)16(20)14-11-12(18)10-13(14)15(19)5-2/h4,12-14,18H,1,5-11H2,2-3H3/t12-,13+,14+/m0/s1. The Kier molecular flexibility index (Phi) is 6.93. The summed E-state index contributed by atoms with van der Waals surface area (Å²) in [6.45, 7) is 6.19. The molecule has 1 N–H and O–H groups in total. The van der Waals surface area contributed by atoms with Gasteiger partial charge in [0.25, 0.3) is 0 Å². The highest BCUT2D eigenvalue weighted by Gasteiger charge is 2.42. The third-order valence-corrected chi connectivity index (χ3v) is 4.14. The van der Waals surface area contributed by atoms with Gasteiger partial charge in [-0.2, -0.15) is 0 Å². The second kappa shape index (κ2) is 8.20. The Balaban J connectivity index is 2.55. The predicted molar refractivity (Wildman–Crippen MR) is 79.2 cm³/mol. The van der Waals surface area contributed by atoms with E-state index in [9.17, 15) is 14.7 Å². The van der Waals surface area contributed by atoms with Crippen molar-refractivity contribution in [1.29, 1.82) is 0 Å². The lowest BCUT2D eigenvalue weighted by molar-refractivity contribution is -0.139. The average Bonchev–Trinajstić information content (AvgIpc) is 2.83. The van der Waals surface area contributed by atoms with Gasteiger partial charge in [0.2, 0.25) is 5.91 Å². The van der Waals surface area contributed by atoms with E-state index in [-0.39, 0.29) is 23.5 Å². The van der Waals surface area contributed by atoms with Crippen LogP contribution in [0.2, 0.25) is 0 Å². The Morgan fingerprint density at radius 2 is 1.95 bits per heavy atom. The first kappa shape index (κ1) is 16.9. The Bertz CT molecular complexity index is 354. The summed E-state index contributed by atoms with van der Waals surface area (Å²) in [4.78, 5) is 26.0. The maximum Gasteiger partial charge on any atom is 0.226 e. The van der Waals surface area contributed by atoms with Crippen LogP contribution >= 0.6 is 0 Å². The van der Waals surface area contributed by atoms with Crippen molar-refractivity contribution in [2.24, 2.45) is 11.8 Å². The molecule has 20 heavy (non-hydrogen) atoms. The fourth-order valence-corrected chi connectivity index (χ4v) is 2.93. The molecular formula is C16H27NO3. The van der Waals surface area contributed by atoms with Crippen molar-refractivity contribution in [3.63, 3.8) is 0 Å². The molecule has 0 spiro atoms. The van der Waals surface area contributed by atoms with Crippen LogP contribution in [0.3, 0.4) is 0 Å². The van der Waals surface area contributed by atoms with Crippen LogP contribution in [0.25, 0.3) is 0 Å². The molecule has 0 saturated heterocycles. The highest BCUT2D eigenvalue weighted by atomic mass is 16.3. The molecule has 4 nitrogen and oxygen atoms in total. The normalized spacial score (nSPS) is 25.4. The maximum absolute atomic E-state index is 12.4. The van der Waals surface area contributed by atoms with Gasteiger partial charge in [0.05, 0.1) is 12.0 Å². The molecule has 1 rings (SSSR count). The molecule has 0 aromatic heterocycles. The van der Waals surface area contributed by atoms with Crippen LogP contribution in [0.15, 0.2) is 12.7 Å². The number of aliphatic hydroxyl groups excluding tert-OH is 1. The summed E-state index contributed by atoms with van der Waals surface area (Å²) in [5.74, 6) is -0.521. The third kappa shape index (κ3) is 4.44. The van der Waals surface area contributed by atoms with E-state index in [0.717, 1.165) is 19.3 Å². The summed E-state index contributed by atoms with van der Waals surface area (Å²) < 4.78 is 0. The lowest BCUT2D eigenvalue weighted by atomic mass is 9.89. The molecule has 3 atom stereocenters. The van der Waals surface area contributed by atoms with E-state index in [0.29, 0.717) is 25.8 Å². The average molecular weight is 281 g/mol. The molecule has 1 aliphatic rings. The molecule has 0 unspecified atom stereocenters. The second-order valence-corrected chi connectivity index (χ2v) is 5.70. The summed E-state index contributed by atoms with van der Waals surface area (Å²) in [5.41, 5.74) is 0. The first-order chi connectivity index (χ1) is 9.51. The third-order valence-electron chi connectivity index (χ3n) is 4.14. The van der Waals surface area contributed by atoms with E-state index >= 15 is 0 Å². The fraction of sp³-hybridized carbons (Fsp3) is 0.750. The molecule has 0 aliphatic heterocycles. The zero-order valence-corrected chi connectivity index (χ0v) is 12.7. The number of carbonyl (C=O) groups excluding carboxylic acids is 2. The minimum Gasteiger partial charge on any atom is -0.393 e. The summed E-state index contributed by atoms with van der Waals surface area (Å²) in [7, 11) is 1.79. The fourth-order valence-electron chi connectivity index (χ4n) is 2.93. The van der Waals surface area contributed by atoms with Gasteiger partial charge in [0, 0.05) is 25.9 Å². The lowest BCUT2D eigenvalue weighted by Gasteiger charge is -2.24. The van der Waals surface area contributed by atoms with Crippen LogP contribution < -0.4 is 0 Å². The van der Waals surface area contributed by atoms with Gasteiger partial charge in [-0.15, -0.1) is 6.58 Å². The largest absolute Gasteiger partial charge is 0.393 e. The minimum atomic E-state index is -0.515. The number of nitrogens with zero attached hydrogens (tertiary/aromatic N) is 1. The van der Waals surface area contributed by atoms with Crippen molar-refractivity contribution >= 4 is 11.7 Å². The minimum absolute atomic E-state index is 0.00644. The highest BCUT2D eigenvalue weighted by molar-refractivity contribution is 5.89. The van der Waals surface area contributed by atoms with Gasteiger partial charge >= 0.3 is 0 Å². The van der Waals surface area contributed by atoms with Crippen molar-refractivity contribution < 1.29 is 14.7 Å². The molecule has 1 amide bonds. The quantitative estimate of drug-likeness (QED) is 0.548. The smallest absolute Gasteiger partial charge is 0.226 e. The van der Waals surface area contributed by atoms with Gasteiger partial charge in [-0.25, -0.2) is 0 Å². The van der Waals surface area contributed by atoms with E-state index < -0.39 is 6.10 Å². The molecule has 0 radical (unpaired) electrons. The van der Waals surface area contributed by atoms with Gasteiger partial charge in [-0.3, -0.25) is 9.59 Å². The van der Waals surface area contributed by atoms with Gasteiger partial charge in [0.15, 0.2) is 0 Å². The number of aliphatic hydroxyl groups is 1. The van der Waals surface area contributed by atoms with Crippen LogP contribution in [-0.2, 0) is 9.59 Å². The summed E-state index contributed by atoms with van der Waals surface area (Å²) in [5, 5.41) is 9.76. The number of Topliss-reactive ketones (excluding diaryl/α,β-unsaturated/α-hetero) is 1. The van der Waals surface area contributed by atoms with Gasteiger partial charge in [-0.1, -0.05) is 13.0 Å². The van der Waals surface area contributed by atoms with Gasteiger partial charge < -0.3 is 10.0 Å². The molecule has 0 aromatic carbocycles. The van der Waals surface area contributed by atoms with Crippen molar-refractivity contribution in [3.05, 3.63) is 12.7 Å². The second-order valence-electron chi connectivity index (χ2n) is 5.70. The van der Waals surface area contributed by atoms with Gasteiger partial charge in [-0.05, 0) is 32.1 Å². The van der Waals surface area contributed by atoms with Crippen molar-refractivity contribution in [2.45, 2.75) is 51.6 Å². The highest BCUT2D eigenvalue weighted by Crippen LogP contribution is 2.34. The summed E-state index contributed by atoms with van der Waals surface area (Å²) in [6.07, 6.45) is 5.58. The number of hydrogen-bond donors (Lipinski definition) is 1. The molecular weight excluding hydrogens is 254 g/mol. The first-order valence-corrected chi connectivity index (χ1v) is 7.57. The van der Waals surface area contributed by atoms with E-state index in [1.807, 2.05) is 13.0 Å². The monoisotopic (exact) mass is 281 g/mol. The van der Waals surface area contributed by atoms with Crippen LogP contribution in [0, 0.1) is 11.8 Å². The van der Waals surface area contributed by atoms with Crippen molar-refractivity contribution in [1.82, 2.24) is 4.90 Å². The van der Waals surface area contributed by atoms with Crippen LogP contribution in [0.1, 0.15) is 45.4 Å². The molecule has 114 valence electrons. The number of allylic oxidation sites excluding steroid dienone is 1. The van der Waals surface area contributed by atoms with Crippen molar-refractivity contribution in [3.8, 4) is 0 Å². The zero-order valence-electron chi connectivity index (χ0n) is 12.7. The number of rotatable bonds is 8. The Morgan fingerprint density at radius 1 is 1.30 bits per heavy atom. The number of ketones is 1. The van der Waals surface area contributed by atoms with E-state index in [4.69, 9.17) is 0 Å². The molecule has 4 heteroatoms. The number of amides is 1. The lowest BCUT2D eigenvalue weighted by Crippen LogP contribution is -2.37. The van der Waals surface area contributed by atoms with E-state index in [1.54, 1.807) is 11.9 Å². The number of hydrogen-bond acceptors (Lipinski definition) is 3. The van der Waals surface area contributed by atoms with Crippen LogP contribution in [-0.4, -0.2) is 41.4 Å². The zero-order chi connectivity index (χ0) is 15.1. The van der Waals surface area contributed by atoms with Crippen LogP contribution in [0.5, 0.6) is 0 Å². The summed E-state index contributed by atoms with van der Waals surface area (Å²) >= 11 is 0. The molecule has 0 aromatic rings. The molecule has 1 aliphatic carbocycles. The maximum atomic E-state index is 12.4. The van der Waals surface area contributed by atoms with Crippen molar-refractivity contribution in [2.75, 3.05) is 13.6 Å². The van der Waals surface area contributed by atoms with E-state index in [1.165, 1.54) is 0 Å². The molecule has 1 saturated carbocycles. The molecule has 0 bridgehead atoms. The number of carbonyl (C=O) groups is 2. The number of unbranched alkanes of at least 4 members (excludes halogenated alkanes) is 2. The predicted octanol–water partition coefficient (Wildman–Crippen LogP) is 2.17. The SMILES string of the molecule is C=CCCCCN(C)C(=O)[C@@H]1C[C@@H](O)C[C@H]1C(=O)CC. The Hall–Kier alpha value is -1.16. The van der Waals surface area contributed by atoms with Crippen LogP contribution in [0.4, 0.5) is 0 Å². The summed E-state index contributed by atoms with van der Waals surface area (Å²) in [6, 6.07) is 0. The molecule has 1 fully saturated rings. The van der Waals surface area contributed by atoms with Gasteiger partial charge in [0.1, 0.15) is 5.78 Å². The molecule has 0 heterocycles. The Morgan fingerprint density at radius 3 is 2.55 bits per heavy atom. The Labute approximate surface area is 121 Å². The van der Waals surface area contributed by atoms with E-state index in [2.05, 4.69) is 6.58 Å². The topological polar surface area (TPSA) is 57.6 Å².